The van der Waals surface area contributed by atoms with E-state index < -0.39 is 46.8 Å². The molecule has 8 heteroatoms. The fourth-order valence-electron chi connectivity index (χ4n) is 4.18. The lowest BCUT2D eigenvalue weighted by molar-refractivity contribution is -0.138. The third-order valence-corrected chi connectivity index (χ3v) is 5.46. The Hall–Kier alpha value is -2.58. The molecule has 2 aromatic carbocycles. The van der Waals surface area contributed by atoms with Crippen LogP contribution in [0.2, 0.25) is 0 Å². The fraction of sp³-hybridized carbons (Fsp3) is 0.381. The monoisotopic (exact) mass is 407 g/mol. The number of nitrogens with zero attached hydrogens (tertiary/aromatic N) is 1. The zero-order valence-electron chi connectivity index (χ0n) is 15.5. The molecule has 4 rings (SSSR count). The number of amides is 1. The highest BCUT2D eigenvalue weighted by molar-refractivity contribution is 5.69. The maximum absolute atomic E-state index is 14.3. The van der Waals surface area contributed by atoms with Crippen LogP contribution in [0.25, 0.3) is 0 Å². The Bertz CT molecular complexity index is 894. The van der Waals surface area contributed by atoms with E-state index in [9.17, 15) is 23.1 Å². The molecule has 5 nitrogen and oxygen atoms in total. The van der Waals surface area contributed by atoms with Crippen molar-refractivity contribution >= 4 is 6.09 Å². The molecular formula is C21H20F3NO4. The summed E-state index contributed by atoms with van der Waals surface area (Å²) in [5, 5.41) is 11.1. The fourth-order valence-corrected chi connectivity index (χ4v) is 4.18. The van der Waals surface area contributed by atoms with Crippen LogP contribution in [0.5, 0.6) is 0 Å². The van der Waals surface area contributed by atoms with Crippen LogP contribution in [-0.4, -0.2) is 41.4 Å². The van der Waals surface area contributed by atoms with E-state index in [0.29, 0.717) is 6.07 Å². The average molecular weight is 407 g/mol. The van der Waals surface area contributed by atoms with Gasteiger partial charge in [-0.25, -0.2) is 18.0 Å². The minimum atomic E-state index is -1.82. The Morgan fingerprint density at radius 3 is 2.45 bits per heavy atom. The first-order chi connectivity index (χ1) is 13.9. The zero-order valence-corrected chi connectivity index (χ0v) is 15.5. The van der Waals surface area contributed by atoms with Crippen molar-refractivity contribution < 1.29 is 32.5 Å². The number of fused-ring (bicyclic) bond motifs is 2. The van der Waals surface area contributed by atoms with Crippen molar-refractivity contribution in [3.63, 3.8) is 0 Å². The molecule has 0 radical (unpaired) electrons. The SMILES string of the molecule is O=C(OCc1ccccc1)N1C2COCC1CC(O)(c1cc(F)cc(F)c1F)C2. The lowest BCUT2D eigenvalue weighted by atomic mass is 9.76. The zero-order chi connectivity index (χ0) is 20.6. The largest absolute Gasteiger partial charge is 0.445 e. The number of carbonyl (C=O) groups excluding carboxylic acids is 1. The van der Waals surface area contributed by atoms with E-state index in [-0.39, 0.29) is 32.7 Å². The van der Waals surface area contributed by atoms with Gasteiger partial charge in [0.25, 0.3) is 0 Å². The van der Waals surface area contributed by atoms with Crippen molar-refractivity contribution in [2.75, 3.05) is 13.2 Å². The number of ether oxygens (including phenoxy) is 2. The summed E-state index contributed by atoms with van der Waals surface area (Å²) in [6.07, 6.45) is -0.812. The second-order valence-corrected chi connectivity index (χ2v) is 7.48. The standard InChI is InChI=1S/C21H20F3NO4/c22-14-6-17(19(24)18(23)7-14)21(27)8-15-11-28-12-16(9-21)25(15)20(26)29-10-13-4-2-1-3-5-13/h1-7,15-16,27H,8-12H2. The number of aliphatic hydroxyl groups is 1. The highest BCUT2D eigenvalue weighted by Gasteiger charge is 2.50. The Balaban J connectivity index is 1.54. The van der Waals surface area contributed by atoms with E-state index in [1.807, 2.05) is 30.3 Å². The molecule has 2 aliphatic heterocycles. The molecule has 1 N–H and O–H groups in total. The summed E-state index contributed by atoms with van der Waals surface area (Å²) in [6.45, 7) is 0.307. The van der Waals surface area contributed by atoms with Crippen molar-refractivity contribution in [3.8, 4) is 0 Å². The molecule has 2 bridgehead atoms. The number of halogens is 3. The third-order valence-electron chi connectivity index (χ3n) is 5.46. The number of hydrogen-bond donors (Lipinski definition) is 1. The molecule has 0 aromatic heterocycles. The molecule has 0 saturated carbocycles. The van der Waals surface area contributed by atoms with Crippen LogP contribution in [0.3, 0.4) is 0 Å². The van der Waals surface area contributed by atoms with Crippen LogP contribution in [0.4, 0.5) is 18.0 Å². The molecule has 0 aliphatic carbocycles. The Kier molecular flexibility index (Phi) is 5.23. The number of carbonyl (C=O) groups is 1. The van der Waals surface area contributed by atoms with E-state index in [1.165, 1.54) is 4.90 Å². The number of piperidine rings is 1. The normalized spacial score (nSPS) is 26.3. The highest BCUT2D eigenvalue weighted by Crippen LogP contribution is 2.42. The van der Waals surface area contributed by atoms with Gasteiger partial charge >= 0.3 is 6.09 Å². The molecule has 2 aromatic rings. The first-order valence-corrected chi connectivity index (χ1v) is 9.31. The predicted molar refractivity (Wildman–Crippen MR) is 96.3 cm³/mol. The first-order valence-electron chi connectivity index (χ1n) is 9.31. The molecule has 2 saturated heterocycles. The summed E-state index contributed by atoms with van der Waals surface area (Å²) >= 11 is 0. The van der Waals surface area contributed by atoms with Crippen molar-refractivity contribution in [2.45, 2.75) is 37.1 Å². The first kappa shape index (κ1) is 19.7. The van der Waals surface area contributed by atoms with E-state index in [2.05, 4.69) is 0 Å². The van der Waals surface area contributed by atoms with Crippen LogP contribution >= 0.6 is 0 Å². The van der Waals surface area contributed by atoms with Crippen LogP contribution < -0.4 is 0 Å². The van der Waals surface area contributed by atoms with E-state index in [1.54, 1.807) is 0 Å². The van der Waals surface area contributed by atoms with Crippen LogP contribution in [0, 0.1) is 17.5 Å². The second-order valence-electron chi connectivity index (χ2n) is 7.48. The Morgan fingerprint density at radius 1 is 1.14 bits per heavy atom. The van der Waals surface area contributed by atoms with E-state index in [0.717, 1.165) is 11.6 Å². The Morgan fingerprint density at radius 2 is 1.79 bits per heavy atom. The van der Waals surface area contributed by atoms with Gasteiger partial charge in [-0.3, -0.25) is 4.90 Å². The lowest BCUT2D eigenvalue weighted by Gasteiger charge is -2.51. The lowest BCUT2D eigenvalue weighted by Crippen LogP contribution is -2.62. The van der Waals surface area contributed by atoms with Crippen LogP contribution in [-0.2, 0) is 21.7 Å². The molecular weight excluding hydrogens is 387 g/mol. The molecule has 1 amide bonds. The van der Waals surface area contributed by atoms with Gasteiger partial charge in [0.1, 0.15) is 12.4 Å². The maximum Gasteiger partial charge on any atom is 0.410 e. The summed E-state index contributed by atoms with van der Waals surface area (Å²) < 4.78 is 52.5. The van der Waals surface area contributed by atoms with Gasteiger partial charge in [-0.05, 0) is 11.6 Å². The van der Waals surface area contributed by atoms with Gasteiger partial charge in [0, 0.05) is 24.5 Å². The van der Waals surface area contributed by atoms with Gasteiger partial charge in [-0.2, -0.15) is 0 Å². The summed E-state index contributed by atoms with van der Waals surface area (Å²) in [6, 6.07) is 9.19. The van der Waals surface area contributed by atoms with Crippen LogP contribution in [0.15, 0.2) is 42.5 Å². The third kappa shape index (κ3) is 3.82. The van der Waals surface area contributed by atoms with E-state index in [4.69, 9.17) is 9.47 Å². The van der Waals surface area contributed by atoms with Crippen molar-refractivity contribution in [3.05, 3.63) is 71.0 Å². The summed E-state index contributed by atoms with van der Waals surface area (Å²) in [7, 11) is 0. The van der Waals surface area contributed by atoms with Crippen molar-refractivity contribution in [1.82, 2.24) is 4.90 Å². The maximum atomic E-state index is 14.3. The quantitative estimate of drug-likeness (QED) is 0.792. The van der Waals surface area contributed by atoms with Gasteiger partial charge in [0.05, 0.1) is 30.9 Å². The molecule has 154 valence electrons. The summed E-state index contributed by atoms with van der Waals surface area (Å²) in [5.41, 5.74) is -1.43. The minimum Gasteiger partial charge on any atom is -0.445 e. The van der Waals surface area contributed by atoms with Gasteiger partial charge < -0.3 is 14.6 Å². The molecule has 2 aliphatic rings. The molecule has 2 unspecified atom stereocenters. The predicted octanol–water partition coefficient (Wildman–Crippen LogP) is 3.49. The Labute approximate surface area is 165 Å². The number of hydrogen-bond acceptors (Lipinski definition) is 4. The minimum absolute atomic E-state index is 0.0878. The number of benzene rings is 2. The molecule has 0 spiro atoms. The second kappa shape index (κ2) is 7.68. The molecule has 2 heterocycles. The van der Waals surface area contributed by atoms with Gasteiger partial charge in [0.2, 0.25) is 0 Å². The van der Waals surface area contributed by atoms with Gasteiger partial charge in [-0.15, -0.1) is 0 Å². The van der Waals surface area contributed by atoms with Crippen molar-refractivity contribution in [2.24, 2.45) is 0 Å². The number of rotatable bonds is 3. The number of morpholine rings is 1. The van der Waals surface area contributed by atoms with Gasteiger partial charge in [-0.1, -0.05) is 30.3 Å². The smallest absolute Gasteiger partial charge is 0.410 e. The average Bonchev–Trinajstić information content (AvgIpc) is 2.69. The van der Waals surface area contributed by atoms with Crippen molar-refractivity contribution in [1.29, 1.82) is 0 Å². The summed E-state index contributed by atoms with van der Waals surface area (Å²) in [5.74, 6) is -3.62. The van der Waals surface area contributed by atoms with E-state index >= 15 is 0 Å². The molecule has 2 atom stereocenters. The van der Waals surface area contributed by atoms with Gasteiger partial charge in [0.15, 0.2) is 11.6 Å². The topological polar surface area (TPSA) is 59.0 Å². The van der Waals surface area contributed by atoms with Crippen LogP contribution in [0.1, 0.15) is 24.0 Å². The summed E-state index contributed by atoms with van der Waals surface area (Å²) in [4.78, 5) is 14.2. The molecule has 29 heavy (non-hydrogen) atoms. The molecule has 2 fully saturated rings. The highest BCUT2D eigenvalue weighted by atomic mass is 19.2.